The highest BCUT2D eigenvalue weighted by Gasteiger charge is 2.10. The Morgan fingerprint density at radius 3 is 2.17 bits per heavy atom. The van der Waals surface area contributed by atoms with Crippen molar-refractivity contribution >= 4 is 34.8 Å². The molecule has 0 aliphatic rings. The van der Waals surface area contributed by atoms with Crippen molar-refractivity contribution in [1.82, 2.24) is 10.6 Å². The number of carbonyl (C=O) groups excluding carboxylic acids is 2. The van der Waals surface area contributed by atoms with Gasteiger partial charge in [0.05, 0.1) is 6.10 Å². The number of ether oxygens (including phenoxy) is 2. The average Bonchev–Trinajstić information content (AvgIpc) is 2.71. The van der Waals surface area contributed by atoms with E-state index in [1.165, 1.54) is 0 Å². The van der Waals surface area contributed by atoms with Crippen LogP contribution < -0.4 is 20.7 Å². The second-order valence-corrected chi connectivity index (χ2v) is 7.19. The fourth-order valence-corrected chi connectivity index (χ4v) is 2.73. The number of anilines is 1. The van der Waals surface area contributed by atoms with Crippen LogP contribution in [0.4, 0.5) is 5.69 Å². The Hall–Kier alpha value is -2.97. The van der Waals surface area contributed by atoms with Crippen LogP contribution in [0.2, 0.25) is 0 Å². The lowest BCUT2D eigenvalue weighted by Gasteiger charge is -2.12. The Kier molecular flexibility index (Phi) is 9.24. The van der Waals surface area contributed by atoms with Crippen LogP contribution in [0.3, 0.4) is 0 Å². The molecule has 2 rings (SSSR count). The Labute approximate surface area is 182 Å². The van der Waals surface area contributed by atoms with E-state index in [-0.39, 0.29) is 23.0 Å². The largest absolute Gasteiger partial charge is 0.491 e. The molecule has 0 heterocycles. The molecule has 0 saturated heterocycles. The molecule has 0 unspecified atom stereocenters. The van der Waals surface area contributed by atoms with Crippen molar-refractivity contribution in [2.24, 2.45) is 0 Å². The van der Waals surface area contributed by atoms with Crippen LogP contribution >= 0.6 is 12.2 Å². The topological polar surface area (TPSA) is 88.7 Å². The monoisotopic (exact) mass is 429 g/mol. The molecule has 3 N–H and O–H groups in total. The van der Waals surface area contributed by atoms with Crippen LogP contribution in [0.25, 0.3) is 0 Å². The molecule has 2 aromatic carbocycles. The molecule has 0 spiro atoms. The van der Waals surface area contributed by atoms with Crippen LogP contribution in [-0.4, -0.2) is 43.3 Å². The van der Waals surface area contributed by atoms with Gasteiger partial charge in [-0.3, -0.25) is 14.9 Å². The zero-order valence-electron chi connectivity index (χ0n) is 17.4. The van der Waals surface area contributed by atoms with Gasteiger partial charge < -0.3 is 20.1 Å². The van der Waals surface area contributed by atoms with Gasteiger partial charge in [0.2, 0.25) is 0 Å². The maximum atomic E-state index is 12.3. The number of rotatable bonds is 9. The highest BCUT2D eigenvalue weighted by Crippen LogP contribution is 2.14. The zero-order valence-corrected chi connectivity index (χ0v) is 18.2. The molecule has 0 atom stereocenters. The maximum absolute atomic E-state index is 12.3. The minimum atomic E-state index is -0.323. The second kappa shape index (κ2) is 11.9. The number of amides is 2. The standard InChI is InChI=1S/C22H27N3O4S/c1-15(2)29-19-11-7-17(8-12-19)21(27)25-22(30)24-18-9-5-16(6-10-18)20(26)23-13-4-14-28-3/h5-12,15H,4,13-14H2,1-3H3,(H,23,26)(H2,24,25,27,30). The first-order valence-electron chi connectivity index (χ1n) is 9.65. The molecule has 0 aliphatic carbocycles. The molecule has 8 heteroatoms. The smallest absolute Gasteiger partial charge is 0.257 e. The number of methoxy groups -OCH3 is 1. The van der Waals surface area contributed by atoms with E-state index in [4.69, 9.17) is 21.7 Å². The summed E-state index contributed by atoms with van der Waals surface area (Å²) in [4.78, 5) is 24.4. The minimum Gasteiger partial charge on any atom is -0.491 e. The van der Waals surface area contributed by atoms with Gasteiger partial charge in [-0.05, 0) is 81.0 Å². The van der Waals surface area contributed by atoms with Crippen LogP contribution in [0.1, 0.15) is 41.0 Å². The fraction of sp³-hybridized carbons (Fsp3) is 0.318. The lowest BCUT2D eigenvalue weighted by Crippen LogP contribution is -2.34. The fourth-order valence-electron chi connectivity index (χ4n) is 2.52. The average molecular weight is 430 g/mol. The summed E-state index contributed by atoms with van der Waals surface area (Å²) in [6, 6.07) is 13.7. The Balaban J connectivity index is 1.84. The summed E-state index contributed by atoms with van der Waals surface area (Å²) >= 11 is 5.20. The van der Waals surface area contributed by atoms with Gasteiger partial charge in [0, 0.05) is 37.1 Å². The van der Waals surface area contributed by atoms with Gasteiger partial charge in [-0.1, -0.05) is 0 Å². The molecule has 160 valence electrons. The van der Waals surface area contributed by atoms with Gasteiger partial charge in [-0.15, -0.1) is 0 Å². The SMILES string of the molecule is COCCCNC(=O)c1ccc(NC(=S)NC(=O)c2ccc(OC(C)C)cc2)cc1. The summed E-state index contributed by atoms with van der Waals surface area (Å²) < 4.78 is 10.5. The van der Waals surface area contributed by atoms with E-state index < -0.39 is 0 Å². The molecule has 0 fully saturated rings. The van der Waals surface area contributed by atoms with Crippen LogP contribution in [0.15, 0.2) is 48.5 Å². The number of carbonyl (C=O) groups is 2. The summed E-state index contributed by atoms with van der Waals surface area (Å²) in [5.74, 6) is 0.221. The van der Waals surface area contributed by atoms with E-state index in [0.717, 1.165) is 6.42 Å². The van der Waals surface area contributed by atoms with Gasteiger partial charge in [-0.25, -0.2) is 0 Å². The predicted molar refractivity (Wildman–Crippen MR) is 121 cm³/mol. The molecule has 2 amide bonds. The molecule has 30 heavy (non-hydrogen) atoms. The van der Waals surface area contributed by atoms with Crippen LogP contribution in [0, 0.1) is 0 Å². The van der Waals surface area contributed by atoms with Crippen molar-refractivity contribution in [1.29, 1.82) is 0 Å². The first kappa shape index (κ1) is 23.3. The van der Waals surface area contributed by atoms with Crippen molar-refractivity contribution in [3.05, 3.63) is 59.7 Å². The quantitative estimate of drug-likeness (QED) is 0.418. The van der Waals surface area contributed by atoms with Crippen LogP contribution in [-0.2, 0) is 4.74 Å². The third-order valence-corrected chi connectivity index (χ3v) is 4.14. The highest BCUT2D eigenvalue weighted by molar-refractivity contribution is 7.80. The molecular formula is C22H27N3O4S. The number of hydrogen-bond acceptors (Lipinski definition) is 5. The van der Waals surface area contributed by atoms with E-state index in [1.807, 2.05) is 13.8 Å². The maximum Gasteiger partial charge on any atom is 0.257 e. The molecule has 7 nitrogen and oxygen atoms in total. The Morgan fingerprint density at radius 2 is 1.57 bits per heavy atom. The molecule has 0 aliphatic heterocycles. The third kappa shape index (κ3) is 7.81. The summed E-state index contributed by atoms with van der Waals surface area (Å²) in [7, 11) is 1.62. The van der Waals surface area contributed by atoms with Crippen molar-refractivity contribution in [3.8, 4) is 5.75 Å². The zero-order chi connectivity index (χ0) is 21.9. The van der Waals surface area contributed by atoms with Gasteiger partial charge in [0.15, 0.2) is 5.11 Å². The van der Waals surface area contributed by atoms with Gasteiger partial charge in [0.25, 0.3) is 11.8 Å². The highest BCUT2D eigenvalue weighted by atomic mass is 32.1. The predicted octanol–water partition coefficient (Wildman–Crippen LogP) is 3.37. The van der Waals surface area contributed by atoms with Gasteiger partial charge in [-0.2, -0.15) is 0 Å². The number of nitrogens with one attached hydrogen (secondary N) is 3. The van der Waals surface area contributed by atoms with Crippen molar-refractivity contribution < 1.29 is 19.1 Å². The second-order valence-electron chi connectivity index (χ2n) is 6.78. The van der Waals surface area contributed by atoms with Crippen molar-refractivity contribution in [2.75, 3.05) is 25.6 Å². The van der Waals surface area contributed by atoms with Gasteiger partial charge in [0.1, 0.15) is 5.75 Å². The van der Waals surface area contributed by atoms with E-state index in [0.29, 0.717) is 35.7 Å². The van der Waals surface area contributed by atoms with E-state index in [9.17, 15) is 9.59 Å². The van der Waals surface area contributed by atoms with Crippen LogP contribution in [0.5, 0.6) is 5.75 Å². The lowest BCUT2D eigenvalue weighted by molar-refractivity contribution is 0.0946. The normalized spacial score (nSPS) is 10.4. The Morgan fingerprint density at radius 1 is 0.967 bits per heavy atom. The lowest BCUT2D eigenvalue weighted by atomic mass is 10.2. The third-order valence-electron chi connectivity index (χ3n) is 3.93. The molecule has 2 aromatic rings. The number of benzene rings is 2. The number of hydrogen-bond donors (Lipinski definition) is 3. The molecule has 0 saturated carbocycles. The van der Waals surface area contributed by atoms with Gasteiger partial charge >= 0.3 is 0 Å². The first-order valence-corrected chi connectivity index (χ1v) is 10.1. The molecule has 0 radical (unpaired) electrons. The summed E-state index contributed by atoms with van der Waals surface area (Å²) in [5.41, 5.74) is 1.67. The van der Waals surface area contributed by atoms with E-state index in [1.54, 1.807) is 55.6 Å². The summed E-state index contributed by atoms with van der Waals surface area (Å²) in [5, 5.41) is 8.55. The van der Waals surface area contributed by atoms with E-state index >= 15 is 0 Å². The summed E-state index contributed by atoms with van der Waals surface area (Å²) in [6.07, 6.45) is 0.818. The first-order chi connectivity index (χ1) is 14.4. The summed E-state index contributed by atoms with van der Waals surface area (Å²) in [6.45, 7) is 5.02. The van der Waals surface area contributed by atoms with Crippen molar-refractivity contribution in [2.45, 2.75) is 26.4 Å². The van der Waals surface area contributed by atoms with E-state index in [2.05, 4.69) is 16.0 Å². The molecular weight excluding hydrogens is 402 g/mol. The Bertz CT molecular complexity index is 852. The number of thiocarbonyl (C=S) groups is 1. The molecule has 0 bridgehead atoms. The minimum absolute atomic E-state index is 0.0644. The van der Waals surface area contributed by atoms with Crippen molar-refractivity contribution in [3.63, 3.8) is 0 Å². The molecule has 0 aromatic heterocycles.